The number of benzene rings is 1. The molecule has 1 rings (SSSR count). The highest BCUT2D eigenvalue weighted by molar-refractivity contribution is 7.99. The van der Waals surface area contributed by atoms with Crippen LogP contribution in [-0.2, 0) is 0 Å². The van der Waals surface area contributed by atoms with Crippen LogP contribution in [0.25, 0.3) is 0 Å². The third kappa shape index (κ3) is 4.68. The summed E-state index contributed by atoms with van der Waals surface area (Å²) in [6.07, 6.45) is 0. The molecule has 0 saturated carbocycles. The summed E-state index contributed by atoms with van der Waals surface area (Å²) in [6, 6.07) is 8.19. The third-order valence-electron chi connectivity index (χ3n) is 1.79. The molecule has 5 heteroatoms. The van der Waals surface area contributed by atoms with Gasteiger partial charge in [-0.25, -0.2) is 9.98 Å². The maximum Gasteiger partial charge on any atom is 0.218 e. The number of rotatable bonds is 5. The van der Waals surface area contributed by atoms with E-state index < -0.39 is 0 Å². The Morgan fingerprint density at radius 3 is 2.69 bits per heavy atom. The summed E-state index contributed by atoms with van der Waals surface area (Å²) in [7, 11) is 0. The normalized spacial score (nSPS) is 11.2. The van der Waals surface area contributed by atoms with Gasteiger partial charge < -0.3 is 5.32 Å². The van der Waals surface area contributed by atoms with Gasteiger partial charge in [0.15, 0.2) is 0 Å². The number of hydrogen-bond donors (Lipinski definition) is 1. The Bertz CT molecular complexity index is 362. The van der Waals surface area contributed by atoms with Crippen molar-refractivity contribution in [2.75, 3.05) is 17.7 Å². The van der Waals surface area contributed by atoms with E-state index in [1.54, 1.807) is 0 Å². The quantitative estimate of drug-likeness (QED) is 0.379. The first-order chi connectivity index (χ1) is 7.76. The lowest BCUT2D eigenvalue weighted by Crippen LogP contribution is -1.99. The number of amidine groups is 1. The Morgan fingerprint density at radius 1 is 1.44 bits per heavy atom. The van der Waals surface area contributed by atoms with Crippen LogP contribution in [-0.4, -0.2) is 24.4 Å². The molecule has 1 aromatic rings. The molecule has 0 aromatic heterocycles. The molecule has 0 amide bonds. The van der Waals surface area contributed by atoms with E-state index in [0.29, 0.717) is 6.67 Å². The fourth-order valence-electron chi connectivity index (χ4n) is 1.08. The molecule has 0 aliphatic rings. The van der Waals surface area contributed by atoms with Crippen molar-refractivity contribution in [3.8, 4) is 0 Å². The van der Waals surface area contributed by atoms with E-state index in [1.165, 1.54) is 4.90 Å². The van der Waals surface area contributed by atoms with Crippen LogP contribution in [0.15, 0.2) is 39.1 Å². The van der Waals surface area contributed by atoms with Crippen molar-refractivity contribution in [3.63, 3.8) is 0 Å². The highest BCUT2D eigenvalue weighted by Gasteiger charge is 1.93. The van der Waals surface area contributed by atoms with Crippen molar-refractivity contribution >= 4 is 41.1 Å². The van der Waals surface area contributed by atoms with Crippen molar-refractivity contribution in [2.45, 2.75) is 11.8 Å². The van der Waals surface area contributed by atoms with Gasteiger partial charge in [0.05, 0.1) is 0 Å². The summed E-state index contributed by atoms with van der Waals surface area (Å²) >= 11 is 7.39. The second-order valence-electron chi connectivity index (χ2n) is 2.88. The smallest absolute Gasteiger partial charge is 0.218 e. The van der Waals surface area contributed by atoms with E-state index in [-0.39, 0.29) is 5.29 Å². The van der Waals surface area contributed by atoms with Gasteiger partial charge in [-0.15, -0.1) is 11.8 Å². The molecule has 3 nitrogen and oxygen atoms in total. The SMILES string of the molecule is C=NC(Cl)=NCNc1ccc(SCC)cc1. The fourth-order valence-corrected chi connectivity index (χ4v) is 1.80. The molecule has 1 N–H and O–H groups in total. The second-order valence-corrected chi connectivity index (χ2v) is 4.55. The summed E-state index contributed by atoms with van der Waals surface area (Å²) in [5.41, 5.74) is 1.01. The van der Waals surface area contributed by atoms with Gasteiger partial charge in [0.2, 0.25) is 5.29 Å². The molecule has 0 heterocycles. The van der Waals surface area contributed by atoms with E-state index in [2.05, 4.69) is 41.1 Å². The molecule has 16 heavy (non-hydrogen) atoms. The standard InChI is InChI=1S/C11H14ClN3S/c1-3-16-10-6-4-9(5-7-10)14-8-15-11(12)13-2/h4-7,14H,2-3,8H2,1H3. The predicted octanol–water partition coefficient (Wildman–Crippen LogP) is 3.46. The molecule has 0 radical (unpaired) electrons. The van der Waals surface area contributed by atoms with Crippen molar-refractivity contribution in [1.29, 1.82) is 0 Å². The van der Waals surface area contributed by atoms with E-state index in [1.807, 2.05) is 23.9 Å². The zero-order valence-electron chi connectivity index (χ0n) is 9.11. The molecular weight excluding hydrogens is 242 g/mol. The predicted molar refractivity (Wildman–Crippen MR) is 74.2 cm³/mol. The van der Waals surface area contributed by atoms with Gasteiger partial charge in [0.1, 0.15) is 6.67 Å². The molecular formula is C11H14ClN3S. The van der Waals surface area contributed by atoms with Gasteiger partial charge in [-0.2, -0.15) is 0 Å². The molecule has 1 aromatic carbocycles. The average molecular weight is 256 g/mol. The zero-order chi connectivity index (χ0) is 11.8. The van der Waals surface area contributed by atoms with Crippen molar-refractivity contribution < 1.29 is 0 Å². The molecule has 0 fully saturated rings. The molecule has 0 aliphatic carbocycles. The molecule has 0 saturated heterocycles. The van der Waals surface area contributed by atoms with E-state index >= 15 is 0 Å². The van der Waals surface area contributed by atoms with Crippen LogP contribution in [0.3, 0.4) is 0 Å². The zero-order valence-corrected chi connectivity index (χ0v) is 10.7. The Morgan fingerprint density at radius 2 is 2.12 bits per heavy atom. The Hall–Kier alpha value is -1.00. The second kappa shape index (κ2) is 7.30. The molecule has 0 unspecified atom stereocenters. The Labute approximate surface area is 105 Å². The third-order valence-corrected chi connectivity index (χ3v) is 2.92. The van der Waals surface area contributed by atoms with Crippen LogP contribution >= 0.6 is 23.4 Å². The van der Waals surface area contributed by atoms with Crippen LogP contribution in [0, 0.1) is 0 Å². The summed E-state index contributed by atoms with van der Waals surface area (Å²) < 4.78 is 0. The molecule has 0 atom stereocenters. The van der Waals surface area contributed by atoms with Crippen LogP contribution in [0.1, 0.15) is 6.92 Å². The topological polar surface area (TPSA) is 36.8 Å². The van der Waals surface area contributed by atoms with Crippen LogP contribution < -0.4 is 5.32 Å². The van der Waals surface area contributed by atoms with Gasteiger partial charge in [0.25, 0.3) is 0 Å². The number of nitrogens with one attached hydrogen (secondary N) is 1. The van der Waals surface area contributed by atoms with Crippen molar-refractivity contribution in [2.24, 2.45) is 9.98 Å². The summed E-state index contributed by atoms with van der Waals surface area (Å²) in [5.74, 6) is 1.08. The Kier molecular flexibility index (Phi) is 5.96. The number of aliphatic imine (C=N–C) groups is 2. The van der Waals surface area contributed by atoms with E-state index in [0.717, 1.165) is 11.4 Å². The van der Waals surface area contributed by atoms with Gasteiger partial charge in [0, 0.05) is 10.6 Å². The molecule has 0 bridgehead atoms. The maximum absolute atomic E-state index is 5.58. The Balaban J connectivity index is 2.46. The first kappa shape index (κ1) is 13.1. The van der Waals surface area contributed by atoms with E-state index in [4.69, 9.17) is 11.6 Å². The average Bonchev–Trinajstić information content (AvgIpc) is 2.31. The minimum absolute atomic E-state index is 0.172. The maximum atomic E-state index is 5.58. The number of nitrogens with zero attached hydrogens (tertiary/aromatic N) is 2. The van der Waals surface area contributed by atoms with Gasteiger partial charge >= 0.3 is 0 Å². The highest BCUT2D eigenvalue weighted by atomic mass is 35.5. The lowest BCUT2D eigenvalue weighted by atomic mass is 10.3. The fraction of sp³-hybridized carbons (Fsp3) is 0.273. The van der Waals surface area contributed by atoms with Gasteiger partial charge in [-0.3, -0.25) is 0 Å². The molecule has 86 valence electrons. The summed E-state index contributed by atoms with van der Waals surface area (Å²) in [4.78, 5) is 8.68. The number of thioether (sulfide) groups is 1. The lowest BCUT2D eigenvalue weighted by molar-refractivity contribution is 1.14. The van der Waals surface area contributed by atoms with Crippen molar-refractivity contribution in [3.05, 3.63) is 24.3 Å². The van der Waals surface area contributed by atoms with Crippen molar-refractivity contribution in [1.82, 2.24) is 0 Å². The highest BCUT2D eigenvalue weighted by Crippen LogP contribution is 2.19. The number of anilines is 1. The summed E-state index contributed by atoms with van der Waals surface area (Å²) in [5, 5.41) is 3.28. The number of hydrogen-bond acceptors (Lipinski definition) is 3. The molecule has 0 spiro atoms. The minimum Gasteiger partial charge on any atom is -0.366 e. The monoisotopic (exact) mass is 255 g/mol. The van der Waals surface area contributed by atoms with Crippen LogP contribution in [0.2, 0.25) is 0 Å². The number of halogens is 1. The van der Waals surface area contributed by atoms with Crippen LogP contribution in [0.4, 0.5) is 5.69 Å². The lowest BCUT2D eigenvalue weighted by Gasteiger charge is -2.04. The van der Waals surface area contributed by atoms with Gasteiger partial charge in [-0.1, -0.05) is 6.92 Å². The van der Waals surface area contributed by atoms with Gasteiger partial charge in [-0.05, 0) is 48.3 Å². The molecule has 0 aliphatic heterocycles. The van der Waals surface area contributed by atoms with E-state index in [9.17, 15) is 0 Å². The largest absolute Gasteiger partial charge is 0.366 e. The first-order valence-corrected chi connectivity index (χ1v) is 6.26. The minimum atomic E-state index is 0.172. The van der Waals surface area contributed by atoms with Crippen LogP contribution in [0.5, 0.6) is 0 Å². The first-order valence-electron chi connectivity index (χ1n) is 4.89. The summed E-state index contributed by atoms with van der Waals surface area (Å²) in [6.45, 7) is 5.81.